The minimum atomic E-state index is -3.96. The van der Waals surface area contributed by atoms with E-state index in [9.17, 15) is 8.42 Å². The Morgan fingerprint density at radius 3 is 2.75 bits per heavy atom. The second-order valence-corrected chi connectivity index (χ2v) is 6.22. The van der Waals surface area contributed by atoms with Crippen LogP contribution in [0.25, 0.3) is 0 Å². The molecule has 0 aliphatic rings. The van der Waals surface area contributed by atoms with Gasteiger partial charge in [0.25, 0.3) is 16.0 Å². The van der Waals surface area contributed by atoms with Gasteiger partial charge in [0.05, 0.1) is 12.1 Å². The monoisotopic (exact) mass is 332 g/mol. The molecule has 0 atom stereocenters. The smallest absolute Gasteiger partial charge is 0.277 e. The van der Waals surface area contributed by atoms with Gasteiger partial charge in [-0.1, -0.05) is 35.0 Å². The molecule has 2 aromatic rings. The molecule has 1 aromatic carbocycles. The Bertz CT molecular complexity index is 772. The Balaban J connectivity index is 2.43. The molecule has 0 bridgehead atoms. The topological polar surface area (TPSA) is 116 Å². The number of nitrogens with one attached hydrogen (secondary N) is 1. The molecule has 1 heterocycles. The third-order valence-corrected chi connectivity index (χ3v) is 4.28. The first-order valence-corrected chi connectivity index (χ1v) is 7.43. The Labute approximate surface area is 125 Å². The molecule has 20 heavy (non-hydrogen) atoms. The number of nitrogens with two attached hydrogens (primary N) is 1. The quantitative estimate of drug-likeness (QED) is 0.773. The maximum atomic E-state index is 12.2. The lowest BCUT2D eigenvalue weighted by Gasteiger charge is -2.08. The lowest BCUT2D eigenvalue weighted by atomic mass is 10.2. The molecule has 0 radical (unpaired) electrons. The van der Waals surface area contributed by atoms with Crippen LogP contribution in [0.4, 0.5) is 5.95 Å². The first kappa shape index (κ1) is 14.6. The van der Waals surface area contributed by atoms with Crippen LogP contribution in [0.5, 0.6) is 0 Å². The molecule has 0 saturated carbocycles. The summed E-state index contributed by atoms with van der Waals surface area (Å²) in [6.07, 6.45) is 0. The number of sulfonamides is 1. The van der Waals surface area contributed by atoms with Crippen molar-refractivity contribution in [2.24, 2.45) is 12.8 Å². The number of anilines is 1. The van der Waals surface area contributed by atoms with E-state index in [2.05, 4.69) is 20.1 Å². The van der Waals surface area contributed by atoms with Crippen LogP contribution in [-0.2, 0) is 17.1 Å². The van der Waals surface area contributed by atoms with E-state index in [0.29, 0.717) is 5.56 Å². The summed E-state index contributed by atoms with van der Waals surface area (Å²) < 4.78 is 26.6. The summed E-state index contributed by atoms with van der Waals surface area (Å²) in [4.78, 5) is 1.01. The Morgan fingerprint density at radius 1 is 1.50 bits per heavy atom. The minimum absolute atomic E-state index is 0.0291. The van der Waals surface area contributed by atoms with Crippen molar-refractivity contribution in [2.75, 3.05) is 4.72 Å². The molecule has 1 aromatic heterocycles. The maximum absolute atomic E-state index is 12.2. The van der Waals surface area contributed by atoms with E-state index >= 15 is 0 Å². The van der Waals surface area contributed by atoms with Gasteiger partial charge in [-0.15, -0.1) is 5.10 Å². The first-order chi connectivity index (χ1) is 9.29. The van der Waals surface area contributed by atoms with Crippen LogP contribution in [0.15, 0.2) is 23.1 Å². The van der Waals surface area contributed by atoms with Crippen LogP contribution in [0.3, 0.4) is 0 Å². The number of thiocarbonyl (C=S) groups is 1. The number of hydrogen-bond donors (Lipinski definition) is 2. The number of halogens is 1. The van der Waals surface area contributed by atoms with Gasteiger partial charge in [-0.05, 0) is 17.3 Å². The second-order valence-electron chi connectivity index (χ2n) is 3.72. The van der Waals surface area contributed by atoms with Crippen LogP contribution in [0.1, 0.15) is 5.56 Å². The SMILES string of the molecule is Cn1nnc(NS(=O)(=O)c2cc(C(N)=S)ccc2Cl)n1. The number of tetrazole rings is 1. The van der Waals surface area contributed by atoms with Crippen molar-refractivity contribution in [3.63, 3.8) is 0 Å². The van der Waals surface area contributed by atoms with Gasteiger partial charge in [0.2, 0.25) is 0 Å². The second kappa shape index (κ2) is 5.31. The van der Waals surface area contributed by atoms with E-state index in [1.807, 2.05) is 0 Å². The van der Waals surface area contributed by atoms with E-state index in [1.54, 1.807) is 0 Å². The third kappa shape index (κ3) is 3.03. The normalized spacial score (nSPS) is 11.3. The predicted octanol–water partition coefficient (Wildman–Crippen LogP) is 0.299. The average molecular weight is 333 g/mol. The van der Waals surface area contributed by atoms with Crippen molar-refractivity contribution >= 4 is 44.8 Å². The highest BCUT2D eigenvalue weighted by molar-refractivity contribution is 7.92. The van der Waals surface area contributed by atoms with E-state index in [0.717, 1.165) is 4.80 Å². The van der Waals surface area contributed by atoms with Gasteiger partial charge in [-0.25, -0.2) is 13.1 Å². The highest BCUT2D eigenvalue weighted by Crippen LogP contribution is 2.24. The minimum Gasteiger partial charge on any atom is -0.389 e. The highest BCUT2D eigenvalue weighted by atomic mass is 35.5. The molecule has 0 fully saturated rings. The summed E-state index contributed by atoms with van der Waals surface area (Å²) in [5, 5.41) is 10.8. The first-order valence-electron chi connectivity index (χ1n) is 5.16. The third-order valence-electron chi connectivity index (χ3n) is 2.24. The molecule has 8 nitrogen and oxygen atoms in total. The van der Waals surface area contributed by atoms with E-state index in [1.165, 1.54) is 25.2 Å². The number of rotatable bonds is 4. The summed E-state index contributed by atoms with van der Waals surface area (Å²) in [6, 6.07) is 4.21. The molecular weight excluding hydrogens is 324 g/mol. The van der Waals surface area contributed by atoms with Crippen LogP contribution in [-0.4, -0.2) is 33.6 Å². The Morgan fingerprint density at radius 2 is 2.20 bits per heavy atom. The van der Waals surface area contributed by atoms with Gasteiger partial charge < -0.3 is 5.73 Å². The van der Waals surface area contributed by atoms with Gasteiger partial charge in [0.15, 0.2) is 0 Å². The molecule has 0 aliphatic carbocycles. The fraction of sp³-hybridized carbons (Fsp3) is 0.111. The average Bonchev–Trinajstić information content (AvgIpc) is 2.73. The summed E-state index contributed by atoms with van der Waals surface area (Å²) in [6.45, 7) is 0. The molecular formula is C9H9ClN6O2S2. The van der Waals surface area contributed by atoms with E-state index in [-0.39, 0.29) is 20.9 Å². The predicted molar refractivity (Wildman–Crippen MR) is 76.9 cm³/mol. The molecule has 0 saturated heterocycles. The lowest BCUT2D eigenvalue weighted by Crippen LogP contribution is -2.16. The van der Waals surface area contributed by atoms with Crippen molar-refractivity contribution in [3.8, 4) is 0 Å². The molecule has 3 N–H and O–H groups in total. The van der Waals surface area contributed by atoms with Crippen molar-refractivity contribution in [3.05, 3.63) is 28.8 Å². The van der Waals surface area contributed by atoms with Crippen molar-refractivity contribution in [2.45, 2.75) is 4.90 Å². The number of benzene rings is 1. The zero-order valence-corrected chi connectivity index (χ0v) is 12.5. The Hall–Kier alpha value is -1.78. The summed E-state index contributed by atoms with van der Waals surface area (Å²) in [5.41, 5.74) is 5.85. The zero-order chi connectivity index (χ0) is 14.9. The number of aryl methyl sites for hydroxylation is 1. The van der Waals surface area contributed by atoms with Crippen LogP contribution in [0.2, 0.25) is 5.02 Å². The van der Waals surface area contributed by atoms with E-state index in [4.69, 9.17) is 29.6 Å². The summed E-state index contributed by atoms with van der Waals surface area (Å²) in [5.74, 6) is -0.163. The van der Waals surface area contributed by atoms with Crippen LogP contribution in [0, 0.1) is 0 Å². The summed E-state index contributed by atoms with van der Waals surface area (Å²) in [7, 11) is -2.46. The fourth-order valence-corrected chi connectivity index (χ4v) is 2.95. The van der Waals surface area contributed by atoms with Gasteiger partial charge in [0, 0.05) is 5.56 Å². The molecule has 0 aliphatic heterocycles. The Kier molecular flexibility index (Phi) is 3.88. The standard InChI is InChI=1S/C9H9ClN6O2S2/c1-16-13-9(12-15-16)14-20(17,18)7-4-5(8(11)19)2-3-6(7)10/h2-4H,1H3,(H2,11,19)(H,13,14). The van der Waals surface area contributed by atoms with Crippen LogP contribution < -0.4 is 10.5 Å². The lowest BCUT2D eigenvalue weighted by molar-refractivity contribution is 0.600. The number of hydrogen-bond acceptors (Lipinski definition) is 6. The van der Waals surface area contributed by atoms with Crippen LogP contribution >= 0.6 is 23.8 Å². The van der Waals surface area contributed by atoms with Gasteiger partial charge in [-0.3, -0.25) is 0 Å². The summed E-state index contributed by atoms with van der Waals surface area (Å²) >= 11 is 10.7. The van der Waals surface area contributed by atoms with E-state index < -0.39 is 10.0 Å². The molecule has 0 spiro atoms. The number of nitrogens with zero attached hydrogens (tertiary/aromatic N) is 4. The zero-order valence-electron chi connectivity index (χ0n) is 10.1. The largest absolute Gasteiger partial charge is 0.389 e. The molecule has 106 valence electrons. The van der Waals surface area contributed by atoms with Gasteiger partial charge in [0.1, 0.15) is 9.88 Å². The van der Waals surface area contributed by atoms with Gasteiger partial charge in [-0.2, -0.15) is 4.80 Å². The van der Waals surface area contributed by atoms with Crippen molar-refractivity contribution < 1.29 is 8.42 Å². The van der Waals surface area contributed by atoms with Crippen molar-refractivity contribution in [1.29, 1.82) is 0 Å². The van der Waals surface area contributed by atoms with Gasteiger partial charge >= 0.3 is 0 Å². The highest BCUT2D eigenvalue weighted by Gasteiger charge is 2.21. The number of aromatic nitrogens is 4. The molecule has 0 unspecified atom stereocenters. The van der Waals surface area contributed by atoms with Crippen molar-refractivity contribution in [1.82, 2.24) is 20.2 Å². The molecule has 2 rings (SSSR count). The molecule has 11 heteroatoms. The maximum Gasteiger partial charge on any atom is 0.277 e. The molecule has 0 amide bonds. The fourth-order valence-electron chi connectivity index (χ4n) is 1.36.